The Morgan fingerprint density at radius 1 is 1.16 bits per heavy atom. The van der Waals surface area contributed by atoms with E-state index in [0.29, 0.717) is 5.56 Å². The smallest absolute Gasteiger partial charge is 0.501 e. The summed E-state index contributed by atoms with van der Waals surface area (Å²) in [6, 6.07) is 7.08. The Balaban J connectivity index is 2.17. The van der Waals surface area contributed by atoms with Gasteiger partial charge in [-0.25, -0.2) is 0 Å². The van der Waals surface area contributed by atoms with Crippen LogP contribution < -0.4 is 8.37 Å². The molecule has 0 spiro atoms. The van der Waals surface area contributed by atoms with E-state index in [1.54, 1.807) is 6.92 Å². The number of pyridine rings is 1. The van der Waals surface area contributed by atoms with Crippen molar-refractivity contribution in [3.05, 3.63) is 48.3 Å². The normalized spacial score (nSPS) is 11.0. The Morgan fingerprint density at radius 2 is 1.89 bits per heavy atom. The van der Waals surface area contributed by atoms with Crippen molar-refractivity contribution in [2.24, 2.45) is 0 Å². The molecule has 0 amide bonds. The molecule has 2 aromatic rings. The summed E-state index contributed by atoms with van der Waals surface area (Å²) in [5.74, 6) is -0.0765. The summed E-state index contributed by atoms with van der Waals surface area (Å²) < 4.78 is 32.7. The molecule has 6 nitrogen and oxygen atoms in total. The summed E-state index contributed by atoms with van der Waals surface area (Å²) in [7, 11) is -4.27. The first-order valence-electron chi connectivity index (χ1n) is 5.29. The number of aromatic hydroxyl groups is 1. The van der Waals surface area contributed by atoms with Gasteiger partial charge in [0.2, 0.25) is 0 Å². The molecule has 0 aliphatic heterocycles. The number of aromatic nitrogens is 1. The van der Waals surface area contributed by atoms with Crippen LogP contribution in [0.25, 0.3) is 0 Å². The van der Waals surface area contributed by atoms with E-state index in [2.05, 4.69) is 4.98 Å². The van der Waals surface area contributed by atoms with Gasteiger partial charge >= 0.3 is 10.4 Å². The van der Waals surface area contributed by atoms with Crippen molar-refractivity contribution in [1.82, 2.24) is 4.98 Å². The fourth-order valence-electron chi connectivity index (χ4n) is 1.43. The highest BCUT2D eigenvalue weighted by atomic mass is 32.3. The van der Waals surface area contributed by atoms with Crippen LogP contribution in [0.5, 0.6) is 17.2 Å². The van der Waals surface area contributed by atoms with E-state index >= 15 is 0 Å². The van der Waals surface area contributed by atoms with E-state index in [4.69, 9.17) is 8.37 Å². The number of phenolic OH excluding ortho intramolecular Hbond substituents is 1. The summed E-state index contributed by atoms with van der Waals surface area (Å²) in [4.78, 5) is 3.72. The van der Waals surface area contributed by atoms with Gasteiger partial charge in [-0.2, -0.15) is 0 Å². The molecule has 0 saturated heterocycles. The Hall–Kier alpha value is -2.28. The van der Waals surface area contributed by atoms with Crippen LogP contribution in [0.4, 0.5) is 0 Å². The third kappa shape index (κ3) is 3.85. The molecule has 0 unspecified atom stereocenters. The summed E-state index contributed by atoms with van der Waals surface area (Å²) in [6.45, 7) is 1.70. The van der Waals surface area contributed by atoms with Crippen molar-refractivity contribution >= 4 is 10.4 Å². The first-order valence-corrected chi connectivity index (χ1v) is 6.62. The average molecular weight is 281 g/mol. The standard InChI is InChI=1S/C12H11NO5S/c1-9-5-10(14)7-12(6-9)18-19(15,16)17-11-3-2-4-13-8-11/h2-8,14H,1H3. The molecule has 1 aromatic heterocycles. The number of rotatable bonds is 4. The van der Waals surface area contributed by atoms with Gasteiger partial charge in [0.05, 0.1) is 6.20 Å². The third-order valence-corrected chi connectivity index (χ3v) is 2.86. The minimum Gasteiger partial charge on any atom is -0.508 e. The van der Waals surface area contributed by atoms with E-state index in [1.165, 1.54) is 42.7 Å². The molecule has 0 fully saturated rings. The van der Waals surface area contributed by atoms with Gasteiger partial charge < -0.3 is 13.5 Å². The molecule has 2 rings (SSSR count). The maximum absolute atomic E-state index is 11.6. The zero-order valence-corrected chi connectivity index (χ0v) is 10.8. The Bertz CT molecular complexity index is 650. The number of hydrogen-bond acceptors (Lipinski definition) is 6. The maximum Gasteiger partial charge on any atom is 0.501 e. The summed E-state index contributed by atoms with van der Waals surface area (Å²) in [5, 5.41) is 9.35. The first-order chi connectivity index (χ1) is 8.94. The molecule has 0 aliphatic rings. The molecular formula is C12H11NO5S. The fourth-order valence-corrected chi connectivity index (χ4v) is 2.13. The third-order valence-electron chi connectivity index (χ3n) is 2.07. The molecular weight excluding hydrogens is 270 g/mol. The van der Waals surface area contributed by atoms with Crippen molar-refractivity contribution in [3.63, 3.8) is 0 Å². The Morgan fingerprint density at radius 3 is 2.53 bits per heavy atom. The van der Waals surface area contributed by atoms with Crippen molar-refractivity contribution in [3.8, 4) is 17.2 Å². The van der Waals surface area contributed by atoms with Gasteiger partial charge in [-0.05, 0) is 36.8 Å². The molecule has 1 N–H and O–H groups in total. The van der Waals surface area contributed by atoms with Crippen LogP contribution in [-0.2, 0) is 10.4 Å². The molecule has 0 atom stereocenters. The highest BCUT2D eigenvalue weighted by Gasteiger charge is 2.16. The zero-order chi connectivity index (χ0) is 13.9. The highest BCUT2D eigenvalue weighted by molar-refractivity contribution is 7.82. The number of nitrogens with zero attached hydrogens (tertiary/aromatic N) is 1. The van der Waals surface area contributed by atoms with Gasteiger partial charge in [0.1, 0.15) is 11.5 Å². The highest BCUT2D eigenvalue weighted by Crippen LogP contribution is 2.23. The fraction of sp³-hybridized carbons (Fsp3) is 0.0833. The van der Waals surface area contributed by atoms with Crippen molar-refractivity contribution in [1.29, 1.82) is 0 Å². The zero-order valence-electron chi connectivity index (χ0n) is 9.98. The summed E-state index contributed by atoms with van der Waals surface area (Å²) in [6.07, 6.45) is 2.73. The van der Waals surface area contributed by atoms with E-state index < -0.39 is 10.4 Å². The molecule has 0 radical (unpaired) electrons. The van der Waals surface area contributed by atoms with Gasteiger partial charge in [0.15, 0.2) is 5.75 Å². The minimum atomic E-state index is -4.27. The first kappa shape index (κ1) is 13.2. The maximum atomic E-state index is 11.6. The van der Waals surface area contributed by atoms with E-state index in [1.807, 2.05) is 0 Å². The Kier molecular flexibility index (Phi) is 3.57. The van der Waals surface area contributed by atoms with Crippen LogP contribution in [-0.4, -0.2) is 18.5 Å². The lowest BCUT2D eigenvalue weighted by molar-refractivity contribution is 0.390. The quantitative estimate of drug-likeness (QED) is 0.919. The largest absolute Gasteiger partial charge is 0.508 e. The lowest BCUT2D eigenvalue weighted by Gasteiger charge is -2.08. The van der Waals surface area contributed by atoms with Crippen molar-refractivity contribution in [2.45, 2.75) is 6.92 Å². The molecule has 1 heterocycles. The van der Waals surface area contributed by atoms with Crippen LogP contribution in [0.2, 0.25) is 0 Å². The SMILES string of the molecule is Cc1cc(O)cc(OS(=O)(=O)Oc2cccnc2)c1. The molecule has 19 heavy (non-hydrogen) atoms. The number of phenols is 1. The minimum absolute atomic E-state index is 0.0265. The van der Waals surface area contributed by atoms with Crippen LogP contribution in [0.15, 0.2) is 42.7 Å². The topological polar surface area (TPSA) is 85.7 Å². The summed E-state index contributed by atoms with van der Waals surface area (Å²) in [5.41, 5.74) is 0.659. The van der Waals surface area contributed by atoms with Crippen molar-refractivity contribution < 1.29 is 21.9 Å². The second kappa shape index (κ2) is 5.15. The van der Waals surface area contributed by atoms with Crippen LogP contribution in [0.3, 0.4) is 0 Å². The van der Waals surface area contributed by atoms with Crippen LogP contribution in [0, 0.1) is 6.92 Å². The second-order valence-electron chi connectivity index (χ2n) is 3.77. The lowest BCUT2D eigenvalue weighted by Crippen LogP contribution is -2.16. The van der Waals surface area contributed by atoms with Gasteiger partial charge in [0, 0.05) is 12.3 Å². The molecule has 7 heteroatoms. The van der Waals surface area contributed by atoms with E-state index in [-0.39, 0.29) is 17.2 Å². The van der Waals surface area contributed by atoms with E-state index in [0.717, 1.165) is 0 Å². The predicted octanol–water partition coefficient (Wildman–Crippen LogP) is 1.80. The predicted molar refractivity (Wildman–Crippen MR) is 67.3 cm³/mol. The van der Waals surface area contributed by atoms with Crippen molar-refractivity contribution in [2.75, 3.05) is 0 Å². The molecule has 0 bridgehead atoms. The average Bonchev–Trinajstić information content (AvgIpc) is 2.27. The Labute approximate surface area is 110 Å². The number of hydrogen-bond donors (Lipinski definition) is 1. The number of aryl methyl sites for hydroxylation is 1. The monoisotopic (exact) mass is 281 g/mol. The van der Waals surface area contributed by atoms with Gasteiger partial charge in [0.25, 0.3) is 0 Å². The van der Waals surface area contributed by atoms with Crippen LogP contribution >= 0.6 is 0 Å². The van der Waals surface area contributed by atoms with Gasteiger partial charge in [-0.3, -0.25) is 4.98 Å². The van der Waals surface area contributed by atoms with E-state index in [9.17, 15) is 13.5 Å². The van der Waals surface area contributed by atoms with Gasteiger partial charge in [-0.15, -0.1) is 8.42 Å². The molecule has 100 valence electrons. The molecule has 0 saturated carbocycles. The van der Waals surface area contributed by atoms with Gasteiger partial charge in [-0.1, -0.05) is 0 Å². The lowest BCUT2D eigenvalue weighted by atomic mass is 10.2. The molecule has 1 aromatic carbocycles. The molecule has 0 aliphatic carbocycles. The summed E-state index contributed by atoms with van der Waals surface area (Å²) >= 11 is 0. The second-order valence-corrected chi connectivity index (χ2v) is 4.92. The number of benzene rings is 1. The van der Waals surface area contributed by atoms with Crippen LogP contribution in [0.1, 0.15) is 5.56 Å².